The highest BCUT2D eigenvalue weighted by Crippen LogP contribution is 2.29. The van der Waals surface area contributed by atoms with E-state index in [0.717, 1.165) is 4.90 Å². The summed E-state index contributed by atoms with van der Waals surface area (Å²) in [5.74, 6) is -1.64. The van der Waals surface area contributed by atoms with E-state index in [-0.39, 0.29) is 17.9 Å². The Morgan fingerprint density at radius 3 is 2.42 bits per heavy atom. The minimum Gasteiger partial charge on any atom is -0.462 e. The number of aromatic amines is 1. The molecule has 0 spiro atoms. The predicted molar refractivity (Wildman–Crippen MR) is 109 cm³/mol. The standard InChI is InChI=1S/C22H22N4O5/c1-5-31-19(28)17-12(2)18(24-13(17)3)16(27)11-26-20(29)22(4,25-21(26)30)15-8-6-14(10-23)7-9-15/h6-9,24H,5,11H2,1-4H3,(H,25,30)/t22-/m0/s1. The third kappa shape index (κ3) is 3.68. The first kappa shape index (κ1) is 21.8. The average Bonchev–Trinajstić information content (AvgIpc) is 3.16. The van der Waals surface area contributed by atoms with Gasteiger partial charge in [-0.25, -0.2) is 9.59 Å². The van der Waals surface area contributed by atoms with E-state index in [2.05, 4.69) is 10.3 Å². The Hall–Kier alpha value is -3.93. The molecule has 1 fully saturated rings. The summed E-state index contributed by atoms with van der Waals surface area (Å²) in [5, 5.41) is 11.6. The number of imide groups is 1. The fraction of sp³-hybridized carbons (Fsp3) is 0.318. The summed E-state index contributed by atoms with van der Waals surface area (Å²) in [7, 11) is 0. The van der Waals surface area contributed by atoms with Crippen LogP contribution in [0.15, 0.2) is 24.3 Å². The molecule has 9 heteroatoms. The van der Waals surface area contributed by atoms with Crippen molar-refractivity contribution in [3.05, 3.63) is 57.9 Å². The molecule has 0 radical (unpaired) electrons. The second-order valence-corrected chi connectivity index (χ2v) is 7.40. The number of nitrogens with one attached hydrogen (secondary N) is 2. The maximum Gasteiger partial charge on any atom is 0.340 e. The number of carbonyl (C=O) groups excluding carboxylic acids is 4. The summed E-state index contributed by atoms with van der Waals surface area (Å²) >= 11 is 0. The molecule has 2 aromatic rings. The minimum absolute atomic E-state index is 0.146. The highest BCUT2D eigenvalue weighted by molar-refractivity contribution is 6.11. The van der Waals surface area contributed by atoms with Gasteiger partial charge in [-0.05, 0) is 51.0 Å². The molecule has 0 aliphatic carbocycles. The lowest BCUT2D eigenvalue weighted by molar-refractivity contribution is -0.130. The van der Waals surface area contributed by atoms with E-state index in [9.17, 15) is 19.2 Å². The fourth-order valence-electron chi connectivity index (χ4n) is 3.68. The Balaban J connectivity index is 1.85. The first-order chi connectivity index (χ1) is 14.6. The van der Waals surface area contributed by atoms with E-state index in [1.54, 1.807) is 52.0 Å². The Bertz CT molecular complexity index is 1130. The van der Waals surface area contributed by atoms with Crippen LogP contribution in [-0.4, -0.2) is 46.7 Å². The number of ketones is 1. The number of carbonyl (C=O) groups is 4. The molecule has 1 aromatic heterocycles. The number of nitriles is 1. The van der Waals surface area contributed by atoms with E-state index in [1.807, 2.05) is 6.07 Å². The van der Waals surface area contributed by atoms with Crippen molar-refractivity contribution < 1.29 is 23.9 Å². The van der Waals surface area contributed by atoms with E-state index < -0.39 is 35.8 Å². The van der Waals surface area contributed by atoms with Crippen LogP contribution in [0.2, 0.25) is 0 Å². The molecule has 1 aliphatic rings. The Kier molecular flexibility index (Phi) is 5.66. The molecule has 1 saturated heterocycles. The summed E-state index contributed by atoms with van der Waals surface area (Å²) < 4.78 is 5.02. The second-order valence-electron chi connectivity index (χ2n) is 7.40. The number of ether oxygens (including phenoxy) is 1. The van der Waals surface area contributed by atoms with Crippen LogP contribution in [0.1, 0.15) is 57.1 Å². The molecule has 9 nitrogen and oxygen atoms in total. The predicted octanol–water partition coefficient (Wildman–Crippen LogP) is 2.33. The lowest BCUT2D eigenvalue weighted by Crippen LogP contribution is -2.41. The maximum atomic E-state index is 13.1. The van der Waals surface area contributed by atoms with Gasteiger partial charge in [-0.1, -0.05) is 12.1 Å². The lowest BCUT2D eigenvalue weighted by atomic mass is 9.91. The van der Waals surface area contributed by atoms with Gasteiger partial charge < -0.3 is 15.0 Å². The smallest absolute Gasteiger partial charge is 0.340 e. The number of amides is 3. The number of aromatic nitrogens is 1. The van der Waals surface area contributed by atoms with Crippen molar-refractivity contribution in [2.45, 2.75) is 33.2 Å². The zero-order valence-corrected chi connectivity index (χ0v) is 17.7. The molecular weight excluding hydrogens is 400 g/mol. The van der Waals surface area contributed by atoms with Crippen molar-refractivity contribution in [2.75, 3.05) is 13.2 Å². The lowest BCUT2D eigenvalue weighted by Gasteiger charge is -2.22. The van der Waals surface area contributed by atoms with Crippen LogP contribution in [-0.2, 0) is 15.1 Å². The van der Waals surface area contributed by atoms with Crippen molar-refractivity contribution in [1.82, 2.24) is 15.2 Å². The van der Waals surface area contributed by atoms with Gasteiger partial charge in [-0.2, -0.15) is 5.26 Å². The number of hydrogen-bond acceptors (Lipinski definition) is 6. The summed E-state index contributed by atoms with van der Waals surface area (Å²) in [6, 6.07) is 7.58. The monoisotopic (exact) mass is 422 g/mol. The SMILES string of the molecule is CCOC(=O)c1c(C)[nH]c(C(=O)CN2C(=O)N[C@@](C)(c3ccc(C#N)cc3)C2=O)c1C. The molecule has 0 bridgehead atoms. The number of aryl methyl sites for hydroxylation is 1. The molecular formula is C22H22N4O5. The first-order valence-electron chi connectivity index (χ1n) is 9.68. The van der Waals surface area contributed by atoms with Gasteiger partial charge in [-0.3, -0.25) is 14.5 Å². The molecule has 2 N–H and O–H groups in total. The van der Waals surface area contributed by atoms with Crippen molar-refractivity contribution in [3.8, 4) is 6.07 Å². The molecule has 3 rings (SSSR count). The number of hydrogen-bond donors (Lipinski definition) is 2. The molecule has 1 aliphatic heterocycles. The number of rotatable bonds is 6. The van der Waals surface area contributed by atoms with Gasteiger partial charge in [0.05, 0.1) is 36.0 Å². The molecule has 0 saturated carbocycles. The van der Waals surface area contributed by atoms with Crippen LogP contribution in [0.25, 0.3) is 0 Å². The summed E-state index contributed by atoms with van der Waals surface area (Å²) in [6.45, 7) is 6.19. The normalized spacial score (nSPS) is 18.0. The van der Waals surface area contributed by atoms with Gasteiger partial charge in [-0.15, -0.1) is 0 Å². The zero-order valence-electron chi connectivity index (χ0n) is 17.7. The van der Waals surface area contributed by atoms with Crippen molar-refractivity contribution in [3.63, 3.8) is 0 Å². The number of nitrogens with zero attached hydrogens (tertiary/aromatic N) is 2. The number of urea groups is 1. The first-order valence-corrected chi connectivity index (χ1v) is 9.68. The Morgan fingerprint density at radius 1 is 1.19 bits per heavy atom. The van der Waals surface area contributed by atoms with Crippen LogP contribution in [0.4, 0.5) is 4.79 Å². The van der Waals surface area contributed by atoms with Gasteiger partial charge in [0.25, 0.3) is 5.91 Å². The second kappa shape index (κ2) is 8.07. The highest BCUT2D eigenvalue weighted by Gasteiger charge is 2.49. The van der Waals surface area contributed by atoms with Gasteiger partial charge in [0.2, 0.25) is 0 Å². The average molecular weight is 422 g/mol. The van der Waals surface area contributed by atoms with Crippen molar-refractivity contribution in [2.24, 2.45) is 0 Å². The Morgan fingerprint density at radius 2 is 1.84 bits per heavy atom. The molecule has 1 aromatic carbocycles. The quantitative estimate of drug-likeness (QED) is 0.417. The summed E-state index contributed by atoms with van der Waals surface area (Å²) in [4.78, 5) is 54.3. The summed E-state index contributed by atoms with van der Waals surface area (Å²) in [6.07, 6.45) is 0. The van der Waals surface area contributed by atoms with E-state index in [1.165, 1.54) is 0 Å². The number of Topliss-reactive ketones (excluding diaryl/α,β-unsaturated/α-hetero) is 1. The number of benzene rings is 1. The van der Waals surface area contributed by atoms with Gasteiger partial charge >= 0.3 is 12.0 Å². The number of H-pyrrole nitrogens is 1. The third-order valence-corrected chi connectivity index (χ3v) is 5.36. The van der Waals surface area contributed by atoms with Crippen molar-refractivity contribution in [1.29, 1.82) is 5.26 Å². The third-order valence-electron chi connectivity index (χ3n) is 5.36. The van der Waals surface area contributed by atoms with Gasteiger partial charge in [0.15, 0.2) is 5.78 Å². The van der Waals surface area contributed by atoms with Crippen LogP contribution in [0.3, 0.4) is 0 Å². The largest absolute Gasteiger partial charge is 0.462 e. The molecule has 3 amide bonds. The van der Waals surface area contributed by atoms with E-state index >= 15 is 0 Å². The van der Waals surface area contributed by atoms with Crippen LogP contribution in [0, 0.1) is 25.2 Å². The maximum absolute atomic E-state index is 13.1. The molecule has 2 heterocycles. The minimum atomic E-state index is -1.36. The van der Waals surface area contributed by atoms with Gasteiger partial charge in [0.1, 0.15) is 5.54 Å². The molecule has 0 unspecified atom stereocenters. The molecule has 31 heavy (non-hydrogen) atoms. The molecule has 1 atom stereocenters. The van der Waals surface area contributed by atoms with Crippen LogP contribution >= 0.6 is 0 Å². The topological polar surface area (TPSA) is 132 Å². The van der Waals surface area contributed by atoms with E-state index in [0.29, 0.717) is 22.4 Å². The van der Waals surface area contributed by atoms with Gasteiger partial charge in [0, 0.05) is 5.69 Å². The molecule has 160 valence electrons. The van der Waals surface area contributed by atoms with Crippen LogP contribution < -0.4 is 5.32 Å². The summed E-state index contributed by atoms with van der Waals surface area (Å²) in [5.41, 5.74) is 0.851. The van der Waals surface area contributed by atoms with Crippen LogP contribution in [0.5, 0.6) is 0 Å². The van der Waals surface area contributed by atoms with Crippen molar-refractivity contribution >= 4 is 23.7 Å². The van der Waals surface area contributed by atoms with E-state index in [4.69, 9.17) is 10.00 Å². The fourth-order valence-corrected chi connectivity index (χ4v) is 3.68. The Labute approximate surface area is 179 Å². The zero-order chi connectivity index (χ0) is 22.9. The highest BCUT2D eigenvalue weighted by atomic mass is 16.5. The number of esters is 1.